The number of carbonyl (C=O) groups is 2. The second kappa shape index (κ2) is 10.00. The Morgan fingerprint density at radius 3 is 2.34 bits per heavy atom. The SMILES string of the molecule is Cc1ccc(C(=O)NNC(=O)c2c(F)cc(F)cc2F)cc1Nc1nccc(-c2cccnc2)n1. The fourth-order valence-electron chi connectivity index (χ4n) is 3.12. The van der Waals surface area contributed by atoms with Crippen molar-refractivity contribution >= 4 is 23.5 Å². The molecule has 0 spiro atoms. The number of halogens is 3. The number of pyridine rings is 1. The highest BCUT2D eigenvalue weighted by Crippen LogP contribution is 2.22. The normalized spacial score (nSPS) is 10.5. The number of hydrogen-bond donors (Lipinski definition) is 3. The van der Waals surface area contributed by atoms with E-state index in [9.17, 15) is 22.8 Å². The molecule has 0 bridgehead atoms. The Balaban J connectivity index is 1.48. The summed E-state index contributed by atoms with van der Waals surface area (Å²) < 4.78 is 40.6. The Kier molecular flexibility index (Phi) is 6.67. The van der Waals surface area contributed by atoms with Crippen molar-refractivity contribution in [2.24, 2.45) is 0 Å². The molecular formula is C24H17F3N6O2. The van der Waals surface area contributed by atoms with Crippen molar-refractivity contribution in [1.82, 2.24) is 25.8 Å². The zero-order valence-corrected chi connectivity index (χ0v) is 18.1. The number of aryl methyl sites for hydroxylation is 1. The number of amides is 2. The highest BCUT2D eigenvalue weighted by molar-refractivity contribution is 5.99. The Morgan fingerprint density at radius 2 is 1.63 bits per heavy atom. The molecule has 11 heteroatoms. The summed E-state index contributed by atoms with van der Waals surface area (Å²) in [6.45, 7) is 1.80. The van der Waals surface area contributed by atoms with Crippen molar-refractivity contribution in [1.29, 1.82) is 0 Å². The number of hydrazine groups is 1. The molecule has 0 saturated heterocycles. The smallest absolute Gasteiger partial charge is 0.275 e. The first-order valence-electron chi connectivity index (χ1n) is 10.2. The molecule has 0 aliphatic carbocycles. The van der Waals surface area contributed by atoms with E-state index in [-0.39, 0.29) is 11.5 Å². The van der Waals surface area contributed by atoms with Gasteiger partial charge >= 0.3 is 0 Å². The van der Waals surface area contributed by atoms with E-state index in [1.165, 1.54) is 12.1 Å². The van der Waals surface area contributed by atoms with Crippen molar-refractivity contribution in [3.63, 3.8) is 0 Å². The molecule has 0 aliphatic heterocycles. The zero-order chi connectivity index (χ0) is 24.9. The molecule has 2 aromatic carbocycles. The van der Waals surface area contributed by atoms with Gasteiger partial charge in [0.2, 0.25) is 5.95 Å². The first-order chi connectivity index (χ1) is 16.8. The summed E-state index contributed by atoms with van der Waals surface area (Å²) in [5.74, 6) is -5.72. The molecule has 0 fully saturated rings. The van der Waals surface area contributed by atoms with Gasteiger partial charge in [-0.05, 0) is 42.8 Å². The van der Waals surface area contributed by atoms with Gasteiger partial charge in [0.15, 0.2) is 0 Å². The van der Waals surface area contributed by atoms with Gasteiger partial charge in [0.25, 0.3) is 11.8 Å². The van der Waals surface area contributed by atoms with Gasteiger partial charge in [0, 0.05) is 47.5 Å². The van der Waals surface area contributed by atoms with Crippen LogP contribution >= 0.6 is 0 Å². The van der Waals surface area contributed by atoms with Crippen molar-refractivity contribution < 1.29 is 22.8 Å². The molecule has 8 nitrogen and oxygen atoms in total. The number of carbonyl (C=O) groups excluding carboxylic acids is 2. The summed E-state index contributed by atoms with van der Waals surface area (Å²) in [7, 11) is 0. The molecule has 2 aromatic heterocycles. The van der Waals surface area contributed by atoms with Crippen molar-refractivity contribution in [2.45, 2.75) is 6.92 Å². The minimum absolute atomic E-state index is 0.127. The summed E-state index contributed by atoms with van der Waals surface area (Å²) >= 11 is 0. The molecule has 2 amide bonds. The fraction of sp³-hybridized carbons (Fsp3) is 0.0417. The van der Waals surface area contributed by atoms with Crippen LogP contribution in [0, 0.1) is 24.4 Å². The van der Waals surface area contributed by atoms with Crippen LogP contribution in [0.4, 0.5) is 24.8 Å². The second-order valence-electron chi connectivity index (χ2n) is 7.31. The highest BCUT2D eigenvalue weighted by atomic mass is 19.1. The van der Waals surface area contributed by atoms with E-state index in [0.29, 0.717) is 23.5 Å². The summed E-state index contributed by atoms with van der Waals surface area (Å²) in [5.41, 5.74) is 5.83. The predicted octanol–water partition coefficient (Wildman–Crippen LogP) is 4.08. The van der Waals surface area contributed by atoms with E-state index in [0.717, 1.165) is 11.1 Å². The van der Waals surface area contributed by atoms with Crippen LogP contribution in [-0.2, 0) is 0 Å². The van der Waals surface area contributed by atoms with Crippen molar-refractivity contribution in [2.75, 3.05) is 5.32 Å². The molecule has 4 aromatic rings. The van der Waals surface area contributed by atoms with Crippen LogP contribution in [-0.4, -0.2) is 26.8 Å². The number of rotatable bonds is 5. The minimum atomic E-state index is -1.40. The molecule has 2 heterocycles. The summed E-state index contributed by atoms with van der Waals surface area (Å²) in [5, 5.41) is 3.04. The maximum absolute atomic E-state index is 13.8. The maximum atomic E-state index is 13.8. The van der Waals surface area contributed by atoms with Crippen LogP contribution in [0.3, 0.4) is 0 Å². The van der Waals surface area contributed by atoms with Crippen molar-refractivity contribution in [3.05, 3.63) is 101 Å². The predicted molar refractivity (Wildman–Crippen MR) is 121 cm³/mol. The lowest BCUT2D eigenvalue weighted by Gasteiger charge is -2.12. The van der Waals surface area contributed by atoms with Gasteiger partial charge in [-0.15, -0.1) is 0 Å². The van der Waals surface area contributed by atoms with E-state index < -0.39 is 34.8 Å². The Bertz CT molecular complexity index is 1390. The third-order valence-electron chi connectivity index (χ3n) is 4.88. The lowest BCUT2D eigenvalue weighted by Crippen LogP contribution is -2.42. The molecule has 176 valence electrons. The van der Waals surface area contributed by atoms with E-state index in [2.05, 4.69) is 25.7 Å². The molecule has 4 rings (SSSR count). The minimum Gasteiger partial charge on any atom is -0.324 e. The molecule has 35 heavy (non-hydrogen) atoms. The molecular weight excluding hydrogens is 461 g/mol. The van der Waals surface area contributed by atoms with Crippen LogP contribution in [0.2, 0.25) is 0 Å². The largest absolute Gasteiger partial charge is 0.324 e. The van der Waals surface area contributed by atoms with Gasteiger partial charge in [-0.25, -0.2) is 23.1 Å². The number of nitrogens with zero attached hydrogens (tertiary/aromatic N) is 3. The van der Waals surface area contributed by atoms with Crippen LogP contribution in [0.1, 0.15) is 26.3 Å². The van der Waals surface area contributed by atoms with Crippen LogP contribution in [0.5, 0.6) is 0 Å². The quantitative estimate of drug-likeness (QED) is 0.373. The van der Waals surface area contributed by atoms with E-state index >= 15 is 0 Å². The molecule has 0 radical (unpaired) electrons. The maximum Gasteiger partial charge on any atom is 0.275 e. The lowest BCUT2D eigenvalue weighted by molar-refractivity contribution is 0.0841. The molecule has 0 aliphatic rings. The number of nitrogens with one attached hydrogen (secondary N) is 3. The first kappa shape index (κ1) is 23.4. The Hall–Kier alpha value is -4.80. The molecule has 0 unspecified atom stereocenters. The molecule has 3 N–H and O–H groups in total. The average molecular weight is 478 g/mol. The number of aromatic nitrogens is 3. The fourth-order valence-corrected chi connectivity index (χ4v) is 3.12. The van der Waals surface area contributed by atoms with Crippen LogP contribution < -0.4 is 16.2 Å². The van der Waals surface area contributed by atoms with E-state index in [1.54, 1.807) is 43.7 Å². The van der Waals surface area contributed by atoms with Crippen LogP contribution in [0.15, 0.2) is 67.1 Å². The zero-order valence-electron chi connectivity index (χ0n) is 18.1. The van der Waals surface area contributed by atoms with Gasteiger partial charge in [-0.2, -0.15) is 0 Å². The van der Waals surface area contributed by atoms with Gasteiger partial charge in [0.1, 0.15) is 23.0 Å². The third kappa shape index (κ3) is 5.41. The number of hydrogen-bond acceptors (Lipinski definition) is 6. The first-order valence-corrected chi connectivity index (χ1v) is 10.2. The topological polar surface area (TPSA) is 109 Å². The molecule has 0 saturated carbocycles. The summed E-state index contributed by atoms with van der Waals surface area (Å²) in [6, 6.07) is 10.7. The van der Waals surface area contributed by atoms with E-state index in [4.69, 9.17) is 0 Å². The lowest BCUT2D eigenvalue weighted by atomic mass is 10.1. The van der Waals surface area contributed by atoms with Crippen LogP contribution in [0.25, 0.3) is 11.3 Å². The number of benzene rings is 2. The Labute approximate surface area is 197 Å². The van der Waals surface area contributed by atoms with Gasteiger partial charge < -0.3 is 5.32 Å². The summed E-state index contributed by atoms with van der Waals surface area (Å²) in [6.07, 6.45) is 4.89. The van der Waals surface area contributed by atoms with Gasteiger partial charge in [0.05, 0.1) is 5.69 Å². The van der Waals surface area contributed by atoms with Crippen molar-refractivity contribution in [3.8, 4) is 11.3 Å². The standard InChI is InChI=1S/C24H17F3N6O2/c1-13-4-5-14(22(34)32-33-23(35)21-17(26)10-16(25)11-18(21)27)9-20(13)31-24-29-8-6-19(30-24)15-3-2-7-28-12-15/h2-12H,1H3,(H,32,34)(H,33,35)(H,29,30,31). The number of anilines is 2. The third-order valence-corrected chi connectivity index (χ3v) is 4.88. The molecule has 0 atom stereocenters. The Morgan fingerprint density at radius 1 is 0.886 bits per heavy atom. The second-order valence-corrected chi connectivity index (χ2v) is 7.31. The van der Waals surface area contributed by atoms with Gasteiger partial charge in [-0.1, -0.05) is 6.07 Å². The van der Waals surface area contributed by atoms with E-state index in [1.807, 2.05) is 11.5 Å². The average Bonchev–Trinajstić information content (AvgIpc) is 2.84. The monoisotopic (exact) mass is 478 g/mol. The van der Waals surface area contributed by atoms with Gasteiger partial charge in [-0.3, -0.25) is 25.4 Å². The highest BCUT2D eigenvalue weighted by Gasteiger charge is 2.20. The summed E-state index contributed by atoms with van der Waals surface area (Å²) in [4.78, 5) is 37.3.